The minimum atomic E-state index is -0.629. The Balaban J connectivity index is 1.87. The second-order valence-corrected chi connectivity index (χ2v) is 6.59. The van der Waals surface area contributed by atoms with Crippen molar-refractivity contribution < 1.29 is 14.3 Å². The standard InChI is InChI=1S/C21H23ClN2O3/c1-15(21(26)24(2)14-17-4-9-18(22)10-5-17)23-20(25)13-8-16-6-11-19(27-3)12-7-16/h4-13,15H,14H2,1-3H3,(H,23,25). The molecule has 1 N–H and O–H groups in total. The molecule has 0 aromatic heterocycles. The zero-order valence-electron chi connectivity index (χ0n) is 15.6. The van der Waals surface area contributed by atoms with Gasteiger partial charge in [-0.15, -0.1) is 0 Å². The Morgan fingerprint density at radius 2 is 1.78 bits per heavy atom. The molecule has 1 unspecified atom stereocenters. The molecule has 0 heterocycles. The molecule has 1 atom stereocenters. The van der Waals surface area contributed by atoms with E-state index in [9.17, 15) is 9.59 Å². The zero-order chi connectivity index (χ0) is 19.8. The van der Waals surface area contributed by atoms with Crippen LogP contribution in [0, 0.1) is 0 Å². The second kappa shape index (κ2) is 9.78. The van der Waals surface area contributed by atoms with Crippen molar-refractivity contribution in [3.05, 3.63) is 70.8 Å². The van der Waals surface area contributed by atoms with Crippen LogP contribution in [0.3, 0.4) is 0 Å². The smallest absolute Gasteiger partial charge is 0.244 e. The number of amides is 2. The summed E-state index contributed by atoms with van der Waals surface area (Å²) in [6.45, 7) is 2.11. The van der Waals surface area contributed by atoms with Crippen molar-refractivity contribution in [3.63, 3.8) is 0 Å². The quantitative estimate of drug-likeness (QED) is 0.740. The highest BCUT2D eigenvalue weighted by atomic mass is 35.5. The number of carbonyl (C=O) groups excluding carboxylic acids is 2. The lowest BCUT2D eigenvalue weighted by Gasteiger charge is -2.22. The lowest BCUT2D eigenvalue weighted by Crippen LogP contribution is -2.44. The van der Waals surface area contributed by atoms with Crippen LogP contribution in [0.25, 0.3) is 6.08 Å². The minimum Gasteiger partial charge on any atom is -0.497 e. The number of nitrogens with one attached hydrogen (secondary N) is 1. The molecule has 0 spiro atoms. The van der Waals surface area contributed by atoms with Gasteiger partial charge in [0.2, 0.25) is 11.8 Å². The molecule has 2 rings (SSSR count). The van der Waals surface area contributed by atoms with E-state index in [0.717, 1.165) is 16.9 Å². The van der Waals surface area contributed by atoms with Gasteiger partial charge in [-0.05, 0) is 48.4 Å². The topological polar surface area (TPSA) is 58.6 Å². The maximum atomic E-state index is 12.4. The molecule has 5 nitrogen and oxygen atoms in total. The first-order chi connectivity index (χ1) is 12.9. The summed E-state index contributed by atoms with van der Waals surface area (Å²) in [7, 11) is 3.30. The number of nitrogens with zero attached hydrogens (tertiary/aromatic N) is 1. The van der Waals surface area contributed by atoms with Crippen LogP contribution in [-0.2, 0) is 16.1 Å². The van der Waals surface area contributed by atoms with Crippen molar-refractivity contribution in [2.75, 3.05) is 14.2 Å². The van der Waals surface area contributed by atoms with Crippen LogP contribution >= 0.6 is 11.6 Å². The average Bonchev–Trinajstić information content (AvgIpc) is 2.67. The Hall–Kier alpha value is -2.79. The first-order valence-electron chi connectivity index (χ1n) is 8.51. The molecule has 2 amide bonds. The Morgan fingerprint density at radius 3 is 2.37 bits per heavy atom. The van der Waals surface area contributed by atoms with Gasteiger partial charge in [-0.1, -0.05) is 35.9 Å². The van der Waals surface area contributed by atoms with Crippen molar-refractivity contribution in [1.29, 1.82) is 0 Å². The molecule has 0 aliphatic heterocycles. The molecule has 142 valence electrons. The predicted molar refractivity (Wildman–Crippen MR) is 108 cm³/mol. The van der Waals surface area contributed by atoms with E-state index in [1.165, 1.54) is 6.08 Å². The van der Waals surface area contributed by atoms with Crippen molar-refractivity contribution >= 4 is 29.5 Å². The van der Waals surface area contributed by atoms with Gasteiger partial charge in [-0.25, -0.2) is 0 Å². The van der Waals surface area contributed by atoms with Crippen molar-refractivity contribution in [2.45, 2.75) is 19.5 Å². The average molecular weight is 387 g/mol. The van der Waals surface area contributed by atoms with Gasteiger partial charge in [0.25, 0.3) is 0 Å². The highest BCUT2D eigenvalue weighted by Crippen LogP contribution is 2.13. The maximum absolute atomic E-state index is 12.4. The monoisotopic (exact) mass is 386 g/mol. The second-order valence-electron chi connectivity index (χ2n) is 6.16. The zero-order valence-corrected chi connectivity index (χ0v) is 16.4. The number of hydrogen-bond acceptors (Lipinski definition) is 3. The van der Waals surface area contributed by atoms with E-state index in [1.54, 1.807) is 44.2 Å². The minimum absolute atomic E-state index is 0.170. The normalized spacial score (nSPS) is 11.9. The fourth-order valence-corrected chi connectivity index (χ4v) is 2.61. The first kappa shape index (κ1) is 20.5. The summed E-state index contributed by atoms with van der Waals surface area (Å²) in [4.78, 5) is 26.1. The molecule has 0 aliphatic rings. The molecular weight excluding hydrogens is 364 g/mol. The lowest BCUT2D eigenvalue weighted by atomic mass is 10.2. The number of halogens is 1. The SMILES string of the molecule is COc1ccc(C=CC(=O)NC(C)C(=O)N(C)Cc2ccc(Cl)cc2)cc1. The summed E-state index contributed by atoms with van der Waals surface area (Å²) in [5.41, 5.74) is 1.83. The van der Waals surface area contributed by atoms with Gasteiger partial charge in [0.15, 0.2) is 0 Å². The van der Waals surface area contributed by atoms with E-state index in [0.29, 0.717) is 11.6 Å². The summed E-state index contributed by atoms with van der Waals surface area (Å²) < 4.78 is 5.09. The van der Waals surface area contributed by atoms with Crippen molar-refractivity contribution in [1.82, 2.24) is 10.2 Å². The molecule has 27 heavy (non-hydrogen) atoms. The molecule has 0 bridgehead atoms. The van der Waals surface area contributed by atoms with Crippen LogP contribution in [0.4, 0.5) is 0 Å². The van der Waals surface area contributed by atoms with Gasteiger partial charge < -0.3 is 15.0 Å². The fourth-order valence-electron chi connectivity index (χ4n) is 2.48. The molecule has 0 aliphatic carbocycles. The van der Waals surface area contributed by atoms with Crippen LogP contribution in [0.2, 0.25) is 5.02 Å². The number of hydrogen-bond donors (Lipinski definition) is 1. The van der Waals surface area contributed by atoms with Crippen LogP contribution < -0.4 is 10.1 Å². The number of methoxy groups -OCH3 is 1. The van der Waals surface area contributed by atoms with Gasteiger partial charge in [0, 0.05) is 24.7 Å². The highest BCUT2D eigenvalue weighted by Gasteiger charge is 2.18. The first-order valence-corrected chi connectivity index (χ1v) is 8.89. The molecule has 6 heteroatoms. The third-order valence-corrected chi connectivity index (χ3v) is 4.23. The predicted octanol–water partition coefficient (Wildman–Crippen LogP) is 3.53. The molecule has 0 fully saturated rings. The number of rotatable bonds is 7. The largest absolute Gasteiger partial charge is 0.497 e. The molecule has 0 saturated heterocycles. The van der Waals surface area contributed by atoms with Gasteiger partial charge in [-0.3, -0.25) is 9.59 Å². The number of ether oxygens (including phenoxy) is 1. The molecule has 2 aromatic rings. The Bertz CT molecular complexity index is 801. The van der Waals surface area contributed by atoms with Crippen LogP contribution in [0.5, 0.6) is 5.75 Å². The molecular formula is C21H23ClN2O3. The summed E-state index contributed by atoms with van der Waals surface area (Å²) in [5.74, 6) is 0.252. The third kappa shape index (κ3) is 6.46. The van der Waals surface area contributed by atoms with Crippen LogP contribution in [-0.4, -0.2) is 36.9 Å². The Labute approximate surface area is 164 Å². The van der Waals surface area contributed by atoms with E-state index in [-0.39, 0.29) is 11.8 Å². The number of benzene rings is 2. The summed E-state index contributed by atoms with van der Waals surface area (Å²) in [5, 5.41) is 3.34. The van der Waals surface area contributed by atoms with E-state index in [4.69, 9.17) is 16.3 Å². The molecule has 0 radical (unpaired) electrons. The van der Waals surface area contributed by atoms with Crippen LogP contribution in [0.15, 0.2) is 54.6 Å². The Kier molecular flexibility index (Phi) is 7.44. The summed E-state index contributed by atoms with van der Waals surface area (Å²) in [6, 6.07) is 14.0. The van der Waals surface area contributed by atoms with Gasteiger partial charge in [0.05, 0.1) is 7.11 Å². The number of carbonyl (C=O) groups is 2. The molecule has 2 aromatic carbocycles. The third-order valence-electron chi connectivity index (χ3n) is 3.98. The lowest BCUT2D eigenvalue weighted by molar-refractivity contribution is -0.134. The van der Waals surface area contributed by atoms with Crippen LogP contribution in [0.1, 0.15) is 18.1 Å². The van der Waals surface area contributed by atoms with E-state index in [1.807, 2.05) is 36.4 Å². The van der Waals surface area contributed by atoms with Gasteiger partial charge >= 0.3 is 0 Å². The van der Waals surface area contributed by atoms with Crippen molar-refractivity contribution in [2.24, 2.45) is 0 Å². The van der Waals surface area contributed by atoms with E-state index in [2.05, 4.69) is 5.32 Å². The van der Waals surface area contributed by atoms with Gasteiger partial charge in [-0.2, -0.15) is 0 Å². The fraction of sp³-hybridized carbons (Fsp3) is 0.238. The van der Waals surface area contributed by atoms with Crippen molar-refractivity contribution in [3.8, 4) is 5.75 Å². The van der Waals surface area contributed by atoms with Gasteiger partial charge in [0.1, 0.15) is 11.8 Å². The maximum Gasteiger partial charge on any atom is 0.244 e. The Morgan fingerprint density at radius 1 is 1.15 bits per heavy atom. The summed E-state index contributed by atoms with van der Waals surface area (Å²) >= 11 is 5.87. The highest BCUT2D eigenvalue weighted by molar-refractivity contribution is 6.30. The molecule has 0 saturated carbocycles. The summed E-state index contributed by atoms with van der Waals surface area (Å²) in [6.07, 6.45) is 3.09. The van der Waals surface area contributed by atoms with E-state index >= 15 is 0 Å². The number of likely N-dealkylation sites (N-methyl/N-ethyl adjacent to an activating group) is 1. The van der Waals surface area contributed by atoms with E-state index < -0.39 is 6.04 Å².